The Labute approximate surface area is 156 Å². The Morgan fingerprint density at radius 2 is 1.88 bits per heavy atom. The molecular formula is C18H21N3O2S2. The van der Waals surface area contributed by atoms with Crippen molar-refractivity contribution in [1.29, 1.82) is 0 Å². The number of nitrogens with one attached hydrogen (secondary N) is 2. The Balaban J connectivity index is 1.40. The summed E-state index contributed by atoms with van der Waals surface area (Å²) in [6.45, 7) is 1.78. The summed E-state index contributed by atoms with van der Waals surface area (Å²) < 4.78 is 19.6. The van der Waals surface area contributed by atoms with E-state index in [-0.39, 0.29) is 0 Å². The number of fused-ring (bicyclic) bond motifs is 1. The molecule has 0 bridgehead atoms. The minimum absolute atomic E-state index is 0.742. The molecule has 2 aromatic carbocycles. The number of methoxy groups -OCH3 is 2. The van der Waals surface area contributed by atoms with Gasteiger partial charge in [-0.05, 0) is 60.2 Å². The molecule has 0 radical (unpaired) electrons. The molecule has 0 unspecified atom stereocenters. The Morgan fingerprint density at radius 3 is 2.72 bits per heavy atom. The highest BCUT2D eigenvalue weighted by Gasteiger charge is 2.05. The third-order valence-electron chi connectivity index (χ3n) is 3.67. The smallest absolute Gasteiger partial charge is 0.161 e. The second kappa shape index (κ2) is 8.94. The van der Waals surface area contributed by atoms with Gasteiger partial charge in [-0.3, -0.25) is 4.72 Å². The highest BCUT2D eigenvalue weighted by Crippen LogP contribution is 2.31. The molecule has 1 heterocycles. The third kappa shape index (κ3) is 4.56. The molecule has 3 rings (SSSR count). The predicted molar refractivity (Wildman–Crippen MR) is 106 cm³/mol. The molecule has 0 aliphatic rings. The van der Waals surface area contributed by atoms with Gasteiger partial charge in [-0.15, -0.1) is 0 Å². The number of rotatable bonds is 9. The van der Waals surface area contributed by atoms with Gasteiger partial charge in [0.25, 0.3) is 0 Å². The van der Waals surface area contributed by atoms with Gasteiger partial charge in [0.1, 0.15) is 5.82 Å². The van der Waals surface area contributed by atoms with Crippen LogP contribution >= 0.6 is 23.5 Å². The fraction of sp³-hybridized carbons (Fsp3) is 0.278. The van der Waals surface area contributed by atoms with Gasteiger partial charge in [-0.25, -0.2) is 0 Å². The zero-order chi connectivity index (χ0) is 17.5. The van der Waals surface area contributed by atoms with E-state index >= 15 is 0 Å². The van der Waals surface area contributed by atoms with E-state index in [1.54, 1.807) is 26.2 Å². The van der Waals surface area contributed by atoms with Crippen molar-refractivity contribution < 1.29 is 9.47 Å². The van der Waals surface area contributed by atoms with Crippen LogP contribution in [0, 0.1) is 0 Å². The molecule has 25 heavy (non-hydrogen) atoms. The van der Waals surface area contributed by atoms with Gasteiger partial charge in [0.05, 0.1) is 18.9 Å². The van der Waals surface area contributed by atoms with Crippen molar-refractivity contribution >= 4 is 39.4 Å². The Bertz CT molecular complexity index is 823. The standard InChI is InChI=1S/C18H21N3O2S2/c1-22-15-9-8-13(12-16(15)23-2)24-20-11-5-10-19-18-14-6-3-4-7-17(14)25-21-18/h3-4,6-9,12,20H,5,10-11H2,1-2H3,(H,19,21). The minimum atomic E-state index is 0.742. The van der Waals surface area contributed by atoms with Gasteiger partial charge in [0, 0.05) is 23.4 Å². The first kappa shape index (κ1) is 17.8. The van der Waals surface area contributed by atoms with Gasteiger partial charge in [0.2, 0.25) is 0 Å². The lowest BCUT2D eigenvalue weighted by atomic mass is 10.2. The van der Waals surface area contributed by atoms with Crippen LogP contribution in [0.3, 0.4) is 0 Å². The predicted octanol–water partition coefficient (Wildman–Crippen LogP) is 4.41. The molecule has 1 aromatic heterocycles. The monoisotopic (exact) mass is 375 g/mol. The van der Waals surface area contributed by atoms with Gasteiger partial charge in [0.15, 0.2) is 11.5 Å². The summed E-state index contributed by atoms with van der Waals surface area (Å²) in [7, 11) is 3.29. The largest absolute Gasteiger partial charge is 0.493 e. The van der Waals surface area contributed by atoms with Crippen LogP contribution in [0.15, 0.2) is 47.4 Å². The van der Waals surface area contributed by atoms with Crippen LogP contribution in [0.2, 0.25) is 0 Å². The fourth-order valence-electron chi connectivity index (χ4n) is 2.40. The first-order chi connectivity index (χ1) is 12.3. The molecule has 5 nitrogen and oxygen atoms in total. The number of hydrogen-bond acceptors (Lipinski definition) is 7. The molecule has 3 aromatic rings. The average molecular weight is 376 g/mol. The number of anilines is 1. The lowest BCUT2D eigenvalue weighted by Gasteiger charge is -2.10. The molecule has 0 fully saturated rings. The summed E-state index contributed by atoms with van der Waals surface area (Å²) in [5.74, 6) is 2.46. The molecule has 0 saturated carbocycles. The maximum Gasteiger partial charge on any atom is 0.161 e. The van der Waals surface area contributed by atoms with Crippen molar-refractivity contribution in [3.8, 4) is 11.5 Å². The first-order valence-electron chi connectivity index (χ1n) is 8.02. The van der Waals surface area contributed by atoms with E-state index in [0.29, 0.717) is 0 Å². The second-order valence-electron chi connectivity index (χ2n) is 5.32. The summed E-state index contributed by atoms with van der Waals surface area (Å²) in [5.41, 5.74) is 0. The summed E-state index contributed by atoms with van der Waals surface area (Å²) in [4.78, 5) is 1.09. The van der Waals surface area contributed by atoms with Crippen molar-refractivity contribution in [1.82, 2.24) is 9.10 Å². The van der Waals surface area contributed by atoms with E-state index in [9.17, 15) is 0 Å². The van der Waals surface area contributed by atoms with E-state index in [0.717, 1.165) is 41.7 Å². The maximum atomic E-state index is 5.32. The third-order valence-corrected chi connectivity index (χ3v) is 5.34. The average Bonchev–Trinajstić information content (AvgIpc) is 3.07. The highest BCUT2D eigenvalue weighted by molar-refractivity contribution is 7.97. The summed E-state index contributed by atoms with van der Waals surface area (Å²) >= 11 is 3.12. The van der Waals surface area contributed by atoms with E-state index in [1.807, 2.05) is 30.3 Å². The Kier molecular flexibility index (Phi) is 6.38. The minimum Gasteiger partial charge on any atom is -0.493 e. The van der Waals surface area contributed by atoms with Crippen LogP contribution in [0.5, 0.6) is 11.5 Å². The van der Waals surface area contributed by atoms with E-state index < -0.39 is 0 Å². The maximum absolute atomic E-state index is 5.32. The van der Waals surface area contributed by atoms with E-state index in [4.69, 9.17) is 9.47 Å². The SMILES string of the molecule is COc1ccc(SNCCCNc2nsc3ccccc23)cc1OC. The number of hydrogen-bond donors (Lipinski definition) is 2. The highest BCUT2D eigenvalue weighted by atomic mass is 32.2. The molecule has 2 N–H and O–H groups in total. The van der Waals surface area contributed by atoms with Crippen molar-refractivity contribution in [2.24, 2.45) is 0 Å². The van der Waals surface area contributed by atoms with Gasteiger partial charge < -0.3 is 14.8 Å². The Hall–Kier alpha value is -1.96. The topological polar surface area (TPSA) is 55.4 Å². The molecule has 0 aliphatic carbocycles. The quantitative estimate of drug-likeness (QED) is 0.427. The van der Waals surface area contributed by atoms with Crippen LogP contribution in [0.4, 0.5) is 5.82 Å². The summed E-state index contributed by atoms with van der Waals surface area (Å²) in [5, 5.41) is 4.61. The lowest BCUT2D eigenvalue weighted by Crippen LogP contribution is -2.11. The molecule has 7 heteroatoms. The zero-order valence-electron chi connectivity index (χ0n) is 14.2. The van der Waals surface area contributed by atoms with Crippen molar-refractivity contribution in [2.45, 2.75) is 11.3 Å². The van der Waals surface area contributed by atoms with Crippen molar-refractivity contribution in [2.75, 3.05) is 32.6 Å². The Morgan fingerprint density at radius 1 is 1.04 bits per heavy atom. The summed E-state index contributed by atoms with van der Waals surface area (Å²) in [6.07, 6.45) is 1.01. The van der Waals surface area contributed by atoms with Crippen molar-refractivity contribution in [3.63, 3.8) is 0 Å². The summed E-state index contributed by atoms with van der Waals surface area (Å²) in [6, 6.07) is 14.2. The lowest BCUT2D eigenvalue weighted by molar-refractivity contribution is 0.354. The molecule has 0 saturated heterocycles. The molecular weight excluding hydrogens is 354 g/mol. The molecule has 0 amide bonds. The van der Waals surface area contributed by atoms with Crippen LogP contribution in [0.25, 0.3) is 10.1 Å². The number of nitrogens with zero attached hydrogens (tertiary/aromatic N) is 1. The molecule has 0 atom stereocenters. The number of benzene rings is 2. The van der Waals surface area contributed by atoms with Gasteiger partial charge in [-0.2, -0.15) is 4.37 Å². The van der Waals surface area contributed by atoms with Gasteiger partial charge >= 0.3 is 0 Å². The molecule has 0 aliphatic heterocycles. The first-order valence-corrected chi connectivity index (χ1v) is 9.61. The van der Waals surface area contributed by atoms with Crippen LogP contribution in [-0.2, 0) is 0 Å². The van der Waals surface area contributed by atoms with E-state index in [2.05, 4.69) is 26.5 Å². The van der Waals surface area contributed by atoms with Crippen LogP contribution in [0.1, 0.15) is 6.42 Å². The van der Waals surface area contributed by atoms with Gasteiger partial charge in [-0.1, -0.05) is 12.1 Å². The van der Waals surface area contributed by atoms with Crippen LogP contribution in [-0.4, -0.2) is 31.7 Å². The fourth-order valence-corrected chi connectivity index (χ4v) is 3.87. The molecule has 0 spiro atoms. The molecule has 132 valence electrons. The zero-order valence-corrected chi connectivity index (χ0v) is 15.9. The van der Waals surface area contributed by atoms with Crippen LogP contribution < -0.4 is 19.5 Å². The number of aromatic nitrogens is 1. The normalized spacial score (nSPS) is 10.8. The number of ether oxygens (including phenoxy) is 2. The van der Waals surface area contributed by atoms with E-state index in [1.165, 1.54) is 21.6 Å². The second-order valence-corrected chi connectivity index (χ2v) is 7.09. The van der Waals surface area contributed by atoms with Crippen molar-refractivity contribution in [3.05, 3.63) is 42.5 Å².